The summed E-state index contributed by atoms with van der Waals surface area (Å²) in [5, 5.41) is 0.803. The maximum Gasteiger partial charge on any atom is 0.227 e. The van der Waals surface area contributed by atoms with Crippen LogP contribution in [0.3, 0.4) is 0 Å². The minimum atomic E-state index is 0.563. The second kappa shape index (κ2) is 6.37. The van der Waals surface area contributed by atoms with E-state index in [1.807, 2.05) is 0 Å². The van der Waals surface area contributed by atoms with Crippen molar-refractivity contribution in [1.82, 2.24) is 19.9 Å². The van der Waals surface area contributed by atoms with Gasteiger partial charge in [0.1, 0.15) is 10.3 Å². The summed E-state index contributed by atoms with van der Waals surface area (Å²) in [7, 11) is 0. The molecule has 7 nitrogen and oxygen atoms in total. The number of fused-ring (bicyclic) bond motifs is 1. The lowest BCUT2D eigenvalue weighted by Crippen LogP contribution is -2.37. The second-order valence-electron chi connectivity index (χ2n) is 5.94. The summed E-state index contributed by atoms with van der Waals surface area (Å²) in [6, 6.07) is 0. The minimum absolute atomic E-state index is 0.563. The van der Waals surface area contributed by atoms with Gasteiger partial charge in [0.25, 0.3) is 0 Å². The highest BCUT2D eigenvalue weighted by Gasteiger charge is 2.17. The molecule has 2 aromatic rings. The van der Waals surface area contributed by atoms with Crippen LogP contribution in [0.5, 0.6) is 0 Å². The molecule has 1 N–H and O–H groups in total. The number of nitrogens with zero attached hydrogens (tertiary/aromatic N) is 5. The summed E-state index contributed by atoms with van der Waals surface area (Å²) >= 11 is 5.44. The molecule has 0 unspecified atom stereocenters. The predicted molar refractivity (Wildman–Crippen MR) is 91.6 cm³/mol. The van der Waals surface area contributed by atoms with Crippen molar-refractivity contribution in [3.05, 3.63) is 10.8 Å². The molecular formula is C15H20N6OS. The summed E-state index contributed by atoms with van der Waals surface area (Å²) in [6.07, 6.45) is 5.46. The highest BCUT2D eigenvalue weighted by Crippen LogP contribution is 2.20. The Morgan fingerprint density at radius 3 is 2.57 bits per heavy atom. The number of aromatic nitrogens is 4. The van der Waals surface area contributed by atoms with Gasteiger partial charge in [0.05, 0.1) is 18.6 Å². The first-order chi connectivity index (χ1) is 11.3. The van der Waals surface area contributed by atoms with Gasteiger partial charge >= 0.3 is 0 Å². The first-order valence-electron chi connectivity index (χ1n) is 8.16. The van der Waals surface area contributed by atoms with Crippen molar-refractivity contribution in [2.75, 3.05) is 49.2 Å². The zero-order valence-electron chi connectivity index (χ0n) is 13.0. The number of anilines is 2. The molecular weight excluding hydrogens is 312 g/mol. The van der Waals surface area contributed by atoms with E-state index in [0.717, 1.165) is 49.1 Å². The molecule has 0 saturated carbocycles. The number of piperidine rings is 1. The first kappa shape index (κ1) is 14.8. The van der Waals surface area contributed by atoms with Gasteiger partial charge in [0.15, 0.2) is 0 Å². The lowest BCUT2D eigenvalue weighted by Gasteiger charge is -2.28. The monoisotopic (exact) mass is 332 g/mol. The molecule has 0 aromatic carbocycles. The van der Waals surface area contributed by atoms with E-state index in [1.54, 1.807) is 6.20 Å². The van der Waals surface area contributed by atoms with Gasteiger partial charge in [-0.25, -0.2) is 9.97 Å². The van der Waals surface area contributed by atoms with E-state index >= 15 is 0 Å². The van der Waals surface area contributed by atoms with Crippen LogP contribution in [0.4, 0.5) is 11.9 Å². The van der Waals surface area contributed by atoms with Gasteiger partial charge in [-0.1, -0.05) is 12.2 Å². The molecule has 2 fully saturated rings. The molecule has 2 aliphatic heterocycles. The Labute approximate surface area is 139 Å². The lowest BCUT2D eigenvalue weighted by atomic mass is 10.1. The number of hydrogen-bond donors (Lipinski definition) is 1. The number of hydrogen-bond acceptors (Lipinski definition) is 7. The predicted octanol–water partition coefficient (Wildman–Crippen LogP) is 1.91. The van der Waals surface area contributed by atoms with Crippen LogP contribution in [-0.2, 0) is 4.74 Å². The summed E-state index contributed by atoms with van der Waals surface area (Å²) < 4.78 is 5.95. The molecule has 8 heteroatoms. The molecule has 23 heavy (non-hydrogen) atoms. The molecule has 0 radical (unpaired) electrons. The van der Waals surface area contributed by atoms with Gasteiger partial charge in [-0.2, -0.15) is 4.98 Å². The maximum absolute atomic E-state index is 5.44. The fourth-order valence-electron chi connectivity index (χ4n) is 3.09. The Bertz CT molecular complexity index is 746. The second-order valence-corrected chi connectivity index (χ2v) is 6.33. The van der Waals surface area contributed by atoms with Crippen LogP contribution in [0.25, 0.3) is 11.0 Å². The maximum atomic E-state index is 5.44. The molecule has 0 amide bonds. The zero-order valence-corrected chi connectivity index (χ0v) is 13.8. The number of aromatic amines is 1. The van der Waals surface area contributed by atoms with E-state index in [2.05, 4.69) is 29.7 Å². The van der Waals surface area contributed by atoms with Crippen LogP contribution in [0.2, 0.25) is 0 Å². The molecule has 2 saturated heterocycles. The van der Waals surface area contributed by atoms with Crippen molar-refractivity contribution in [3.63, 3.8) is 0 Å². The number of rotatable bonds is 2. The van der Waals surface area contributed by atoms with Crippen LogP contribution < -0.4 is 9.80 Å². The van der Waals surface area contributed by atoms with Crippen molar-refractivity contribution in [2.45, 2.75) is 19.3 Å². The molecule has 4 heterocycles. The number of nitrogens with one attached hydrogen (secondary N) is 1. The third kappa shape index (κ3) is 3.00. The van der Waals surface area contributed by atoms with Gasteiger partial charge in [-0.15, -0.1) is 0 Å². The molecule has 0 atom stereocenters. The summed E-state index contributed by atoms with van der Waals surface area (Å²) in [6.45, 7) is 5.10. The van der Waals surface area contributed by atoms with E-state index in [9.17, 15) is 0 Å². The van der Waals surface area contributed by atoms with Crippen LogP contribution in [0, 0.1) is 4.64 Å². The molecule has 0 aliphatic carbocycles. The lowest BCUT2D eigenvalue weighted by molar-refractivity contribution is 0.122. The Hall–Kier alpha value is -1.80. The topological polar surface area (TPSA) is 70.2 Å². The molecule has 2 aliphatic rings. The Morgan fingerprint density at radius 1 is 1.00 bits per heavy atom. The van der Waals surface area contributed by atoms with Crippen molar-refractivity contribution in [2.24, 2.45) is 0 Å². The van der Waals surface area contributed by atoms with Gasteiger partial charge in [-0.05, 0) is 19.3 Å². The van der Waals surface area contributed by atoms with E-state index in [-0.39, 0.29) is 0 Å². The van der Waals surface area contributed by atoms with Crippen molar-refractivity contribution < 1.29 is 4.74 Å². The first-order valence-corrected chi connectivity index (χ1v) is 8.57. The van der Waals surface area contributed by atoms with Crippen LogP contribution >= 0.6 is 12.2 Å². The molecule has 2 aromatic heterocycles. The highest BCUT2D eigenvalue weighted by atomic mass is 32.1. The third-order valence-electron chi connectivity index (χ3n) is 4.39. The molecule has 0 bridgehead atoms. The smallest absolute Gasteiger partial charge is 0.227 e. The van der Waals surface area contributed by atoms with Gasteiger partial charge in [-0.3, -0.25) is 0 Å². The number of H-pyrrole nitrogens is 1. The van der Waals surface area contributed by atoms with Crippen molar-refractivity contribution in [3.8, 4) is 0 Å². The summed E-state index contributed by atoms with van der Waals surface area (Å²) in [5.41, 5.74) is 0.766. The van der Waals surface area contributed by atoms with E-state index in [1.165, 1.54) is 19.3 Å². The quantitative estimate of drug-likeness (QED) is 0.842. The average Bonchev–Trinajstić information content (AvgIpc) is 2.63. The minimum Gasteiger partial charge on any atom is -0.378 e. The zero-order chi connectivity index (χ0) is 15.6. The Kier molecular flexibility index (Phi) is 4.09. The summed E-state index contributed by atoms with van der Waals surface area (Å²) in [5.74, 6) is 1.55. The molecule has 122 valence electrons. The van der Waals surface area contributed by atoms with Gasteiger partial charge < -0.3 is 19.5 Å². The average molecular weight is 332 g/mol. The van der Waals surface area contributed by atoms with Crippen LogP contribution in [0.15, 0.2) is 6.20 Å². The Morgan fingerprint density at radius 2 is 1.78 bits per heavy atom. The Balaban J connectivity index is 1.71. The third-order valence-corrected chi connectivity index (χ3v) is 4.70. The largest absolute Gasteiger partial charge is 0.378 e. The molecule has 4 rings (SSSR count). The van der Waals surface area contributed by atoms with Gasteiger partial charge in [0.2, 0.25) is 11.9 Å². The van der Waals surface area contributed by atoms with Crippen molar-refractivity contribution >= 4 is 35.1 Å². The fraction of sp³-hybridized carbons (Fsp3) is 0.600. The summed E-state index contributed by atoms with van der Waals surface area (Å²) in [4.78, 5) is 21.4. The normalized spacial score (nSPS) is 19.3. The highest BCUT2D eigenvalue weighted by molar-refractivity contribution is 7.71. The van der Waals surface area contributed by atoms with Gasteiger partial charge in [0, 0.05) is 32.4 Å². The standard InChI is InChI=1S/C15H20N6OS/c23-13-11-10-16-14(21-6-8-22-9-7-21)17-12(11)18-15(19-13)20-4-2-1-3-5-20/h10H,1-9H2,(H,16,17,18,19,23). The number of morpholine rings is 1. The SMILES string of the molecule is S=c1nc(N2CCCCC2)[nH]c2nc(N3CCOCC3)ncc12. The molecule has 0 spiro atoms. The van der Waals surface area contributed by atoms with E-state index in [0.29, 0.717) is 17.9 Å². The van der Waals surface area contributed by atoms with Crippen LogP contribution in [0.1, 0.15) is 19.3 Å². The van der Waals surface area contributed by atoms with E-state index in [4.69, 9.17) is 17.0 Å². The number of ether oxygens (including phenoxy) is 1. The van der Waals surface area contributed by atoms with Crippen LogP contribution in [-0.4, -0.2) is 59.3 Å². The fourth-order valence-corrected chi connectivity index (χ4v) is 3.32. The van der Waals surface area contributed by atoms with Crippen molar-refractivity contribution in [1.29, 1.82) is 0 Å². The van der Waals surface area contributed by atoms with E-state index < -0.39 is 0 Å².